The summed E-state index contributed by atoms with van der Waals surface area (Å²) in [5.74, 6) is 1.92. The largest absolute Gasteiger partial charge is 0.335 e. The molecule has 2 heterocycles. The summed E-state index contributed by atoms with van der Waals surface area (Å²) in [6.07, 6.45) is 6.62. The molecule has 3 nitrogen and oxygen atoms in total. The number of hydrogen-bond donors (Lipinski definition) is 1. The minimum atomic E-state index is 0. The summed E-state index contributed by atoms with van der Waals surface area (Å²) in [6, 6.07) is 0. The van der Waals surface area contributed by atoms with Gasteiger partial charge in [-0.05, 0) is 38.8 Å². The Morgan fingerprint density at radius 2 is 2.50 bits per heavy atom. The van der Waals surface area contributed by atoms with Crippen molar-refractivity contribution in [2.75, 3.05) is 13.1 Å². The fourth-order valence-corrected chi connectivity index (χ4v) is 1.95. The van der Waals surface area contributed by atoms with Crippen molar-refractivity contribution in [3.8, 4) is 0 Å². The Labute approximate surface area is 91.3 Å². The van der Waals surface area contributed by atoms with Crippen LogP contribution in [-0.4, -0.2) is 22.6 Å². The van der Waals surface area contributed by atoms with E-state index in [-0.39, 0.29) is 12.4 Å². The van der Waals surface area contributed by atoms with Crippen molar-refractivity contribution in [2.24, 2.45) is 5.92 Å². The van der Waals surface area contributed by atoms with E-state index < -0.39 is 0 Å². The Morgan fingerprint density at radius 3 is 3.07 bits per heavy atom. The monoisotopic (exact) mass is 215 g/mol. The second-order valence-electron chi connectivity index (χ2n) is 3.84. The summed E-state index contributed by atoms with van der Waals surface area (Å²) in [6.45, 7) is 5.55. The molecule has 0 aliphatic carbocycles. The zero-order valence-electron chi connectivity index (χ0n) is 8.57. The molecule has 0 saturated carbocycles. The number of aryl methyl sites for hydroxylation is 1. The molecule has 2 rings (SSSR count). The summed E-state index contributed by atoms with van der Waals surface area (Å²) < 4.78 is 2.25. The molecule has 1 aromatic rings. The highest BCUT2D eigenvalue weighted by atomic mass is 35.5. The maximum Gasteiger partial charge on any atom is 0.105 e. The topological polar surface area (TPSA) is 29.9 Å². The summed E-state index contributed by atoms with van der Waals surface area (Å²) >= 11 is 0. The zero-order valence-corrected chi connectivity index (χ0v) is 9.39. The van der Waals surface area contributed by atoms with Gasteiger partial charge in [-0.15, -0.1) is 12.4 Å². The molecule has 14 heavy (non-hydrogen) atoms. The predicted molar refractivity (Wildman–Crippen MR) is 59.8 cm³/mol. The first-order chi connectivity index (χ1) is 6.36. The van der Waals surface area contributed by atoms with Crippen molar-refractivity contribution in [1.29, 1.82) is 0 Å². The Hall–Kier alpha value is -0.540. The van der Waals surface area contributed by atoms with Gasteiger partial charge in [-0.1, -0.05) is 0 Å². The molecule has 0 radical (unpaired) electrons. The first-order valence-corrected chi connectivity index (χ1v) is 5.05. The Bertz CT molecular complexity index is 266. The third-order valence-corrected chi connectivity index (χ3v) is 2.78. The molecule has 0 amide bonds. The van der Waals surface area contributed by atoms with Crippen molar-refractivity contribution < 1.29 is 0 Å². The van der Waals surface area contributed by atoms with Crippen molar-refractivity contribution in [3.63, 3.8) is 0 Å². The Morgan fingerprint density at radius 1 is 1.64 bits per heavy atom. The van der Waals surface area contributed by atoms with Crippen molar-refractivity contribution in [2.45, 2.75) is 26.3 Å². The van der Waals surface area contributed by atoms with E-state index in [1.165, 1.54) is 19.4 Å². The number of imidazole rings is 1. The lowest BCUT2D eigenvalue weighted by Crippen LogP contribution is -2.32. The van der Waals surface area contributed by atoms with E-state index in [4.69, 9.17) is 0 Å². The van der Waals surface area contributed by atoms with Gasteiger partial charge in [0.15, 0.2) is 0 Å². The summed E-state index contributed by atoms with van der Waals surface area (Å²) in [7, 11) is 0. The summed E-state index contributed by atoms with van der Waals surface area (Å²) in [5.41, 5.74) is 0. The number of nitrogens with zero attached hydrogens (tertiary/aromatic N) is 2. The summed E-state index contributed by atoms with van der Waals surface area (Å²) in [4.78, 5) is 4.22. The first kappa shape index (κ1) is 11.5. The maximum absolute atomic E-state index is 4.22. The quantitative estimate of drug-likeness (QED) is 0.813. The molecule has 1 fully saturated rings. The van der Waals surface area contributed by atoms with Gasteiger partial charge >= 0.3 is 0 Å². The van der Waals surface area contributed by atoms with Gasteiger partial charge in [-0.25, -0.2) is 4.98 Å². The second kappa shape index (κ2) is 5.37. The molecule has 1 aliphatic rings. The maximum atomic E-state index is 4.22. The van der Waals surface area contributed by atoms with E-state index >= 15 is 0 Å². The van der Waals surface area contributed by atoms with Crippen LogP contribution in [0.2, 0.25) is 0 Å². The lowest BCUT2D eigenvalue weighted by atomic mass is 10.00. The lowest BCUT2D eigenvalue weighted by Gasteiger charge is -2.23. The van der Waals surface area contributed by atoms with Crippen LogP contribution in [0.5, 0.6) is 0 Å². The van der Waals surface area contributed by atoms with E-state index in [9.17, 15) is 0 Å². The standard InChI is InChI=1S/C10H17N3.ClH/c1-9-12-5-6-13(9)8-10-3-2-4-11-7-10;/h5-6,10-11H,2-4,7-8H2,1H3;1H. The molecule has 1 aliphatic heterocycles. The first-order valence-electron chi connectivity index (χ1n) is 5.05. The Kier molecular flexibility index (Phi) is 4.42. The number of halogens is 1. The van der Waals surface area contributed by atoms with Crippen LogP contribution >= 0.6 is 12.4 Å². The van der Waals surface area contributed by atoms with Gasteiger partial charge in [0, 0.05) is 18.9 Å². The number of rotatable bonds is 2. The van der Waals surface area contributed by atoms with Gasteiger partial charge in [0.25, 0.3) is 0 Å². The highest BCUT2D eigenvalue weighted by Crippen LogP contribution is 2.13. The van der Waals surface area contributed by atoms with Crippen LogP contribution in [0.25, 0.3) is 0 Å². The van der Waals surface area contributed by atoms with Crippen LogP contribution in [0.4, 0.5) is 0 Å². The third-order valence-electron chi connectivity index (χ3n) is 2.78. The number of aromatic nitrogens is 2. The van der Waals surface area contributed by atoms with Gasteiger partial charge in [0.1, 0.15) is 5.82 Å². The number of hydrogen-bond acceptors (Lipinski definition) is 2. The molecule has 1 N–H and O–H groups in total. The molecule has 4 heteroatoms. The normalized spacial score (nSPS) is 21.6. The van der Waals surface area contributed by atoms with E-state index in [1.54, 1.807) is 0 Å². The third kappa shape index (κ3) is 2.72. The molecular weight excluding hydrogens is 198 g/mol. The van der Waals surface area contributed by atoms with Crippen molar-refractivity contribution in [1.82, 2.24) is 14.9 Å². The molecular formula is C10H18ClN3. The van der Waals surface area contributed by atoms with Gasteiger partial charge in [-0.3, -0.25) is 0 Å². The van der Waals surface area contributed by atoms with Gasteiger partial charge in [0.05, 0.1) is 0 Å². The van der Waals surface area contributed by atoms with Crippen LogP contribution in [0.3, 0.4) is 0 Å². The van der Waals surface area contributed by atoms with E-state index in [1.807, 2.05) is 6.20 Å². The van der Waals surface area contributed by atoms with Crippen LogP contribution in [-0.2, 0) is 6.54 Å². The van der Waals surface area contributed by atoms with Crippen LogP contribution in [0, 0.1) is 12.8 Å². The molecule has 1 saturated heterocycles. The van der Waals surface area contributed by atoms with Crippen LogP contribution in [0.1, 0.15) is 18.7 Å². The van der Waals surface area contributed by atoms with E-state index in [0.29, 0.717) is 0 Å². The zero-order chi connectivity index (χ0) is 9.10. The SMILES string of the molecule is Cc1nccn1CC1CCCNC1.Cl. The van der Waals surface area contributed by atoms with E-state index in [0.717, 1.165) is 24.8 Å². The molecule has 0 bridgehead atoms. The highest BCUT2D eigenvalue weighted by molar-refractivity contribution is 5.85. The average molecular weight is 216 g/mol. The Balaban J connectivity index is 0.000000980. The van der Waals surface area contributed by atoms with Crippen LogP contribution in [0.15, 0.2) is 12.4 Å². The van der Waals surface area contributed by atoms with E-state index in [2.05, 4.69) is 28.0 Å². The van der Waals surface area contributed by atoms with Crippen molar-refractivity contribution in [3.05, 3.63) is 18.2 Å². The lowest BCUT2D eigenvalue weighted by molar-refractivity contribution is 0.335. The summed E-state index contributed by atoms with van der Waals surface area (Å²) in [5, 5.41) is 3.43. The second-order valence-corrected chi connectivity index (χ2v) is 3.84. The fourth-order valence-electron chi connectivity index (χ4n) is 1.95. The fraction of sp³-hybridized carbons (Fsp3) is 0.700. The minimum absolute atomic E-state index is 0. The molecule has 1 unspecified atom stereocenters. The van der Waals surface area contributed by atoms with Crippen LogP contribution < -0.4 is 5.32 Å². The highest BCUT2D eigenvalue weighted by Gasteiger charge is 2.13. The molecule has 1 aromatic heterocycles. The molecule has 0 aromatic carbocycles. The van der Waals surface area contributed by atoms with Gasteiger partial charge < -0.3 is 9.88 Å². The minimum Gasteiger partial charge on any atom is -0.335 e. The van der Waals surface area contributed by atoms with Gasteiger partial charge in [0.2, 0.25) is 0 Å². The number of piperidine rings is 1. The molecule has 0 spiro atoms. The number of nitrogens with one attached hydrogen (secondary N) is 1. The predicted octanol–water partition coefficient (Wildman–Crippen LogP) is 1.61. The average Bonchev–Trinajstić information content (AvgIpc) is 2.54. The molecule has 80 valence electrons. The van der Waals surface area contributed by atoms with Gasteiger partial charge in [-0.2, -0.15) is 0 Å². The van der Waals surface area contributed by atoms with Crippen molar-refractivity contribution >= 4 is 12.4 Å². The molecule has 1 atom stereocenters. The smallest absolute Gasteiger partial charge is 0.105 e.